The molecule has 1 atom stereocenters. The Balaban J connectivity index is 0.000000340. The fraction of sp³-hybridized carbons (Fsp3) is 0.789. The van der Waals surface area contributed by atoms with Crippen LogP contribution in [0.15, 0.2) is 23.3 Å². The molecular formula is C19H36Al2. The summed E-state index contributed by atoms with van der Waals surface area (Å²) < 4.78 is 0. The SMILES string of the molecule is CCC1C=CC2=C1CCCC2.C[CH2][Al][CH2]C.C[CH2][Al][CH2]C. The first-order valence-electron chi connectivity index (χ1n) is 9.28. The molecule has 2 heteroatoms. The molecule has 0 N–H and O–H groups in total. The number of hydrogen-bond acceptors (Lipinski definition) is 0. The van der Waals surface area contributed by atoms with Crippen LogP contribution in [-0.4, -0.2) is 30.4 Å². The Morgan fingerprint density at radius 1 is 0.857 bits per heavy atom. The Morgan fingerprint density at radius 3 is 1.81 bits per heavy atom. The highest BCUT2D eigenvalue weighted by molar-refractivity contribution is 6.35. The van der Waals surface area contributed by atoms with Crippen molar-refractivity contribution in [3.05, 3.63) is 23.3 Å². The third-order valence-corrected chi connectivity index (χ3v) is 6.44. The van der Waals surface area contributed by atoms with E-state index in [1.165, 1.54) is 53.2 Å². The molecule has 0 aromatic carbocycles. The Labute approximate surface area is 147 Å². The minimum atomic E-state index is 0.810. The van der Waals surface area contributed by atoms with Crippen LogP contribution in [0.2, 0.25) is 21.1 Å². The van der Waals surface area contributed by atoms with Crippen LogP contribution in [0.5, 0.6) is 0 Å². The third kappa shape index (κ3) is 10.0. The van der Waals surface area contributed by atoms with E-state index in [9.17, 15) is 0 Å². The minimum Gasteiger partial charge on any atom is -0.106 e. The summed E-state index contributed by atoms with van der Waals surface area (Å²) in [5.41, 5.74) is 3.43. The number of hydrogen-bond donors (Lipinski definition) is 0. The second-order valence-electron chi connectivity index (χ2n) is 5.84. The summed E-state index contributed by atoms with van der Waals surface area (Å²) in [6, 6.07) is 0. The van der Waals surface area contributed by atoms with Crippen LogP contribution in [0, 0.1) is 5.92 Å². The first-order chi connectivity index (χ1) is 10.2. The van der Waals surface area contributed by atoms with Gasteiger partial charge in [0.25, 0.3) is 0 Å². The van der Waals surface area contributed by atoms with Crippen LogP contribution in [-0.2, 0) is 0 Å². The van der Waals surface area contributed by atoms with Gasteiger partial charge < -0.3 is 0 Å². The van der Waals surface area contributed by atoms with Crippen LogP contribution in [0.25, 0.3) is 0 Å². The van der Waals surface area contributed by atoms with Gasteiger partial charge in [-0.25, -0.2) is 0 Å². The van der Waals surface area contributed by atoms with E-state index in [4.69, 9.17) is 0 Å². The Bertz CT molecular complexity index is 282. The third-order valence-electron chi connectivity index (χ3n) is 4.13. The average molecular weight is 318 g/mol. The predicted octanol–water partition coefficient (Wildman–Crippen LogP) is 6.59. The fourth-order valence-corrected chi connectivity index (χ4v) is 4.03. The van der Waals surface area contributed by atoms with Crippen molar-refractivity contribution < 1.29 is 0 Å². The maximum Gasteiger partial charge on any atom is 0.198 e. The summed E-state index contributed by atoms with van der Waals surface area (Å²) in [4.78, 5) is 0. The lowest BCUT2D eigenvalue weighted by Gasteiger charge is -2.18. The number of rotatable bonds is 5. The molecule has 0 aliphatic heterocycles. The summed E-state index contributed by atoms with van der Waals surface area (Å²) in [6.45, 7) is 11.3. The number of allylic oxidation sites excluding steroid dienone is 4. The van der Waals surface area contributed by atoms with Gasteiger partial charge in [0.2, 0.25) is 0 Å². The molecule has 0 saturated carbocycles. The van der Waals surface area contributed by atoms with Crippen molar-refractivity contribution in [2.75, 3.05) is 0 Å². The quantitative estimate of drug-likeness (QED) is 0.502. The minimum absolute atomic E-state index is 0.810. The van der Waals surface area contributed by atoms with Gasteiger partial charge in [0.1, 0.15) is 0 Å². The summed E-state index contributed by atoms with van der Waals surface area (Å²) in [5.74, 6) is 0.810. The maximum atomic E-state index is 2.40. The van der Waals surface area contributed by atoms with Crippen molar-refractivity contribution in [1.29, 1.82) is 0 Å². The Hall–Kier alpha value is 0.545. The van der Waals surface area contributed by atoms with Gasteiger partial charge in [0.15, 0.2) is 30.4 Å². The molecule has 1 unspecified atom stereocenters. The molecule has 0 amide bonds. The molecule has 2 rings (SSSR count). The van der Waals surface area contributed by atoms with Crippen molar-refractivity contribution >= 4 is 30.4 Å². The molecule has 0 aromatic heterocycles. The van der Waals surface area contributed by atoms with E-state index < -0.39 is 0 Å². The topological polar surface area (TPSA) is 0 Å². The lowest BCUT2D eigenvalue weighted by molar-refractivity contribution is 0.614. The van der Waals surface area contributed by atoms with Gasteiger partial charge in [-0.05, 0) is 43.6 Å². The van der Waals surface area contributed by atoms with Crippen LogP contribution in [0.3, 0.4) is 0 Å². The highest BCUT2D eigenvalue weighted by Crippen LogP contribution is 2.37. The molecule has 2 aliphatic carbocycles. The largest absolute Gasteiger partial charge is 0.198 e. The molecule has 0 heterocycles. The fourth-order valence-electron chi connectivity index (χ4n) is 2.87. The van der Waals surface area contributed by atoms with E-state index >= 15 is 0 Å². The lowest BCUT2D eigenvalue weighted by atomic mass is 9.88. The van der Waals surface area contributed by atoms with Gasteiger partial charge in [0.05, 0.1) is 0 Å². The van der Waals surface area contributed by atoms with Crippen molar-refractivity contribution in [3.8, 4) is 0 Å². The second kappa shape index (κ2) is 15.4. The molecule has 0 saturated heterocycles. The van der Waals surface area contributed by atoms with Crippen LogP contribution >= 0.6 is 0 Å². The van der Waals surface area contributed by atoms with Gasteiger partial charge in [-0.15, -0.1) is 21.1 Å². The normalized spacial score (nSPS) is 19.0. The van der Waals surface area contributed by atoms with Gasteiger partial charge in [-0.1, -0.05) is 52.3 Å². The van der Waals surface area contributed by atoms with Gasteiger partial charge in [-0.3, -0.25) is 0 Å². The zero-order chi connectivity index (χ0) is 15.9. The predicted molar refractivity (Wildman–Crippen MR) is 102 cm³/mol. The van der Waals surface area contributed by atoms with Crippen molar-refractivity contribution in [1.82, 2.24) is 0 Å². The monoisotopic (exact) mass is 318 g/mol. The standard InChI is InChI=1S/C11H16.4C2H5.2Al/c1-2-9-7-8-10-5-3-4-6-11(9)10;4*1-2;;/h7-9H,2-6H2,1H3;4*1H2,2H3;;. The van der Waals surface area contributed by atoms with Crippen molar-refractivity contribution in [2.45, 2.75) is 87.9 Å². The lowest BCUT2D eigenvalue weighted by Crippen LogP contribution is -2.02. The molecule has 21 heavy (non-hydrogen) atoms. The van der Waals surface area contributed by atoms with E-state index in [1.54, 1.807) is 11.1 Å². The Morgan fingerprint density at radius 2 is 1.38 bits per heavy atom. The van der Waals surface area contributed by atoms with E-state index in [0.29, 0.717) is 0 Å². The zero-order valence-electron chi connectivity index (χ0n) is 15.3. The summed E-state index contributed by atoms with van der Waals surface area (Å²) in [7, 11) is 0. The van der Waals surface area contributed by atoms with Gasteiger partial charge in [-0.2, -0.15) is 0 Å². The first kappa shape index (κ1) is 21.5. The summed E-state index contributed by atoms with van der Waals surface area (Å²) in [5, 5.41) is 5.71. The maximum absolute atomic E-state index is 2.40. The Kier molecular flexibility index (Phi) is 15.8. The summed E-state index contributed by atoms with van der Waals surface area (Å²) >= 11 is 1.63. The highest BCUT2D eigenvalue weighted by atomic mass is 27.1. The van der Waals surface area contributed by atoms with Crippen LogP contribution in [0.4, 0.5) is 0 Å². The van der Waals surface area contributed by atoms with E-state index in [-0.39, 0.29) is 0 Å². The van der Waals surface area contributed by atoms with Crippen molar-refractivity contribution in [2.24, 2.45) is 5.92 Å². The molecule has 0 fully saturated rings. The summed E-state index contributed by atoms with van der Waals surface area (Å²) in [6.07, 6.45) is 11.6. The van der Waals surface area contributed by atoms with Crippen molar-refractivity contribution in [3.63, 3.8) is 0 Å². The second-order valence-corrected chi connectivity index (χ2v) is 10.3. The molecule has 118 valence electrons. The molecule has 2 aliphatic rings. The highest BCUT2D eigenvalue weighted by Gasteiger charge is 2.20. The van der Waals surface area contributed by atoms with E-state index in [2.05, 4.69) is 46.8 Å². The molecule has 0 nitrogen and oxygen atoms in total. The molecule has 0 spiro atoms. The first-order valence-corrected chi connectivity index (χ1v) is 12.5. The molecule has 0 aromatic rings. The van der Waals surface area contributed by atoms with E-state index in [0.717, 1.165) is 36.4 Å². The zero-order valence-corrected chi connectivity index (χ0v) is 17.6. The molecule has 0 bridgehead atoms. The molecule has 2 radical (unpaired) electrons. The van der Waals surface area contributed by atoms with Gasteiger partial charge >= 0.3 is 0 Å². The van der Waals surface area contributed by atoms with Crippen LogP contribution in [0.1, 0.15) is 66.7 Å². The van der Waals surface area contributed by atoms with Crippen LogP contribution < -0.4 is 0 Å². The van der Waals surface area contributed by atoms with Gasteiger partial charge in [0, 0.05) is 0 Å². The van der Waals surface area contributed by atoms with E-state index in [1.807, 2.05) is 0 Å². The molecular weight excluding hydrogens is 282 g/mol. The smallest absolute Gasteiger partial charge is 0.106 e. The average Bonchev–Trinajstić information content (AvgIpc) is 2.93.